The summed E-state index contributed by atoms with van der Waals surface area (Å²) in [4.78, 5) is 39.3. The average molecular weight is 613 g/mol. The van der Waals surface area contributed by atoms with Crippen molar-refractivity contribution in [3.8, 4) is 0 Å². The molecule has 2 atom stereocenters. The first-order valence-corrected chi connectivity index (χ1v) is 12.4. The monoisotopic (exact) mass is 612 g/mol. The number of ether oxygens (including phenoxy) is 1. The van der Waals surface area contributed by atoms with Gasteiger partial charge in [0.15, 0.2) is 0 Å². The Bertz CT molecular complexity index is 1170. The third-order valence-corrected chi connectivity index (χ3v) is 6.10. The first-order valence-electron chi connectivity index (χ1n) is 12.4. The molecule has 1 aromatic carbocycles. The predicted octanol–water partition coefficient (Wildman–Crippen LogP) is 3.12. The minimum Gasteiger partial charge on any atom is -0.475 e. The second kappa shape index (κ2) is 15.0. The molecule has 0 radical (unpaired) electrons. The van der Waals surface area contributed by atoms with Crippen molar-refractivity contribution in [2.24, 2.45) is 0 Å². The average Bonchev–Trinajstić information content (AvgIpc) is 3.35. The van der Waals surface area contributed by atoms with Gasteiger partial charge in [0.25, 0.3) is 5.89 Å². The van der Waals surface area contributed by atoms with Crippen LogP contribution in [0.5, 0.6) is 0 Å². The number of carboxylic acid groups (broad SMARTS) is 2. The summed E-state index contributed by atoms with van der Waals surface area (Å²) >= 11 is 0. The van der Waals surface area contributed by atoms with Crippen molar-refractivity contribution in [2.45, 2.75) is 44.4 Å². The summed E-state index contributed by atoms with van der Waals surface area (Å²) in [5.41, 5.74) is 2.15. The number of hydrogen-bond acceptors (Lipinski definition) is 8. The Labute approximate surface area is 236 Å². The molecule has 17 heteroatoms. The summed E-state index contributed by atoms with van der Waals surface area (Å²) in [6, 6.07) is 10.7. The standard InChI is InChI=1S/C21H28N4O3.2C2HF3O2/c1-15(16-6-4-3-5-7-16)25-9-8-19-18(14-25)23-21(28-19)20(26)22-12-17-13-24(2)10-11-27-17;2*3-2(4,5)1(6)7/h3-7,15,17H,8-14H2,1-2H3,(H,22,26);2*(H,6,7). The van der Waals surface area contributed by atoms with Crippen molar-refractivity contribution in [1.82, 2.24) is 20.1 Å². The summed E-state index contributed by atoms with van der Waals surface area (Å²) in [5.74, 6) is -4.80. The van der Waals surface area contributed by atoms with Gasteiger partial charge >= 0.3 is 30.2 Å². The molecular formula is C25H30F6N4O7. The number of carboxylic acids is 2. The van der Waals surface area contributed by atoms with Gasteiger partial charge < -0.3 is 29.6 Å². The Balaban J connectivity index is 0.000000367. The number of nitrogens with zero attached hydrogens (tertiary/aromatic N) is 3. The molecule has 2 aliphatic heterocycles. The van der Waals surface area contributed by atoms with E-state index in [2.05, 4.69) is 58.3 Å². The van der Waals surface area contributed by atoms with Crippen LogP contribution in [0.4, 0.5) is 26.3 Å². The maximum atomic E-state index is 12.5. The molecule has 11 nitrogen and oxygen atoms in total. The zero-order valence-corrected chi connectivity index (χ0v) is 22.5. The Kier molecular flexibility index (Phi) is 12.3. The van der Waals surface area contributed by atoms with E-state index < -0.39 is 24.3 Å². The van der Waals surface area contributed by atoms with Crippen molar-refractivity contribution in [1.29, 1.82) is 0 Å². The van der Waals surface area contributed by atoms with E-state index in [1.54, 1.807) is 0 Å². The highest BCUT2D eigenvalue weighted by Crippen LogP contribution is 2.27. The number of carbonyl (C=O) groups is 3. The molecule has 1 amide bonds. The largest absolute Gasteiger partial charge is 0.490 e. The van der Waals surface area contributed by atoms with Gasteiger partial charge in [0, 0.05) is 45.2 Å². The topological polar surface area (TPSA) is 145 Å². The summed E-state index contributed by atoms with van der Waals surface area (Å²) in [6.45, 7) is 6.69. The molecule has 0 bridgehead atoms. The van der Waals surface area contributed by atoms with Gasteiger partial charge in [-0.25, -0.2) is 14.6 Å². The highest BCUT2D eigenvalue weighted by Gasteiger charge is 2.39. The van der Waals surface area contributed by atoms with Gasteiger partial charge in [-0.1, -0.05) is 30.3 Å². The number of amides is 1. The van der Waals surface area contributed by atoms with Crippen molar-refractivity contribution >= 4 is 17.8 Å². The van der Waals surface area contributed by atoms with Gasteiger partial charge in [0.1, 0.15) is 5.76 Å². The van der Waals surface area contributed by atoms with Crippen molar-refractivity contribution in [2.75, 3.05) is 39.8 Å². The number of morpholine rings is 1. The molecule has 1 saturated heterocycles. The van der Waals surface area contributed by atoms with Crippen LogP contribution in [0.15, 0.2) is 34.7 Å². The van der Waals surface area contributed by atoms with E-state index >= 15 is 0 Å². The number of hydrogen-bond donors (Lipinski definition) is 3. The molecule has 0 aliphatic carbocycles. The fourth-order valence-corrected chi connectivity index (χ4v) is 3.86. The molecule has 1 fully saturated rings. The molecular weight excluding hydrogens is 582 g/mol. The number of halogens is 6. The zero-order valence-electron chi connectivity index (χ0n) is 22.5. The van der Waals surface area contributed by atoms with E-state index in [-0.39, 0.29) is 17.9 Å². The zero-order chi connectivity index (χ0) is 31.7. The number of alkyl halides is 6. The van der Waals surface area contributed by atoms with Gasteiger partial charge in [-0.2, -0.15) is 26.3 Å². The Morgan fingerprint density at radius 3 is 2.14 bits per heavy atom. The number of benzene rings is 1. The van der Waals surface area contributed by atoms with E-state index in [0.29, 0.717) is 25.7 Å². The van der Waals surface area contributed by atoms with Crippen LogP contribution >= 0.6 is 0 Å². The lowest BCUT2D eigenvalue weighted by atomic mass is 10.0. The van der Waals surface area contributed by atoms with Crippen LogP contribution in [0, 0.1) is 0 Å². The van der Waals surface area contributed by atoms with Gasteiger partial charge in [-0.15, -0.1) is 0 Å². The number of nitrogens with one attached hydrogen (secondary N) is 1. The van der Waals surface area contributed by atoms with Crippen LogP contribution < -0.4 is 5.32 Å². The van der Waals surface area contributed by atoms with Crippen LogP contribution in [0.1, 0.15) is 40.7 Å². The number of rotatable bonds is 5. The highest BCUT2D eigenvalue weighted by atomic mass is 19.4. The summed E-state index contributed by atoms with van der Waals surface area (Å²) in [7, 11) is 2.06. The van der Waals surface area contributed by atoms with Gasteiger partial charge in [-0.05, 0) is 19.5 Å². The third-order valence-electron chi connectivity index (χ3n) is 6.10. The number of fused-ring (bicyclic) bond motifs is 1. The fraction of sp³-hybridized carbons (Fsp3) is 0.520. The molecule has 1 aromatic heterocycles. The van der Waals surface area contributed by atoms with Crippen LogP contribution in [0.2, 0.25) is 0 Å². The smallest absolute Gasteiger partial charge is 0.475 e. The van der Waals surface area contributed by atoms with E-state index in [1.165, 1.54) is 5.56 Å². The molecule has 42 heavy (non-hydrogen) atoms. The van der Waals surface area contributed by atoms with Crippen molar-refractivity contribution < 1.29 is 60.1 Å². The lowest BCUT2D eigenvalue weighted by Crippen LogP contribution is -2.46. The minimum atomic E-state index is -5.08. The SMILES string of the molecule is CC(c1ccccc1)N1CCc2oc(C(=O)NCC3CN(C)CCO3)nc2C1.O=C(O)C(F)(F)F.O=C(O)C(F)(F)F. The van der Waals surface area contributed by atoms with Crippen molar-refractivity contribution in [3.63, 3.8) is 0 Å². The molecule has 3 heterocycles. The Hall–Kier alpha value is -3.70. The van der Waals surface area contributed by atoms with Crippen LogP contribution in [0.25, 0.3) is 0 Å². The van der Waals surface area contributed by atoms with Gasteiger partial charge in [-0.3, -0.25) is 9.69 Å². The van der Waals surface area contributed by atoms with Crippen LogP contribution in [-0.4, -0.2) is 101 Å². The number of aliphatic carboxylic acids is 2. The maximum absolute atomic E-state index is 12.5. The van der Waals surface area contributed by atoms with E-state index in [4.69, 9.17) is 29.0 Å². The predicted molar refractivity (Wildman–Crippen MR) is 132 cm³/mol. The molecule has 4 rings (SSSR count). The maximum Gasteiger partial charge on any atom is 0.490 e. The molecule has 3 N–H and O–H groups in total. The molecule has 0 saturated carbocycles. The van der Waals surface area contributed by atoms with Gasteiger partial charge in [0.05, 0.1) is 18.4 Å². The van der Waals surface area contributed by atoms with Gasteiger partial charge in [0.2, 0.25) is 0 Å². The number of oxazole rings is 1. The summed E-state index contributed by atoms with van der Waals surface area (Å²) in [5, 5.41) is 17.1. The fourth-order valence-electron chi connectivity index (χ4n) is 3.86. The van der Waals surface area contributed by atoms with Crippen LogP contribution in [-0.2, 0) is 27.3 Å². The quantitative estimate of drug-likeness (QED) is 0.431. The second-order valence-corrected chi connectivity index (χ2v) is 9.27. The Morgan fingerprint density at radius 2 is 1.62 bits per heavy atom. The molecule has 2 aliphatic rings. The molecule has 2 unspecified atom stereocenters. The van der Waals surface area contributed by atoms with Crippen LogP contribution in [0.3, 0.4) is 0 Å². The molecule has 234 valence electrons. The first-order chi connectivity index (χ1) is 19.5. The number of carbonyl (C=O) groups excluding carboxylic acids is 1. The van der Waals surface area contributed by atoms with E-state index in [1.807, 2.05) is 6.07 Å². The van der Waals surface area contributed by atoms with Crippen molar-refractivity contribution in [3.05, 3.63) is 53.2 Å². The minimum absolute atomic E-state index is 0.00880. The highest BCUT2D eigenvalue weighted by molar-refractivity contribution is 5.89. The third kappa shape index (κ3) is 10.9. The lowest BCUT2D eigenvalue weighted by molar-refractivity contribution is -0.193. The molecule has 2 aromatic rings. The lowest BCUT2D eigenvalue weighted by Gasteiger charge is -2.31. The number of likely N-dealkylation sites (N-methyl/N-ethyl adjacent to an activating group) is 1. The molecule has 0 spiro atoms. The van der Waals surface area contributed by atoms with E-state index in [9.17, 15) is 31.1 Å². The first kappa shape index (κ1) is 34.5. The summed E-state index contributed by atoms with van der Waals surface area (Å²) < 4.78 is 74.9. The second-order valence-electron chi connectivity index (χ2n) is 9.27. The summed E-state index contributed by atoms with van der Waals surface area (Å²) in [6.07, 6.45) is -9.39. The normalized spacial score (nSPS) is 18.3. The number of aromatic nitrogens is 1. The Morgan fingerprint density at radius 1 is 1.05 bits per heavy atom. The van der Waals surface area contributed by atoms with E-state index in [0.717, 1.165) is 37.5 Å².